The number of carbonyl (C=O) groups excluding carboxylic acids is 1. The van der Waals surface area contributed by atoms with E-state index in [-0.39, 0.29) is 12.5 Å². The Morgan fingerprint density at radius 2 is 0.936 bits per heavy atom. The second-order valence-corrected chi connectivity index (χ2v) is 13.0. The SMILES string of the molecule is CC/C=C\C/C=C\C/C=C\C/C=C\C/C=C\C/C=C\CCCCCCCCCCCCCCC(=O)NC(CO)C(O)CCCCCC. The summed E-state index contributed by atoms with van der Waals surface area (Å²) in [6, 6.07) is -0.535. The van der Waals surface area contributed by atoms with Crippen molar-refractivity contribution in [3.8, 4) is 0 Å². The summed E-state index contributed by atoms with van der Waals surface area (Å²) in [6.07, 6.45) is 54.4. The fourth-order valence-electron chi connectivity index (χ4n) is 5.48. The Balaban J connectivity index is 3.48. The minimum absolute atomic E-state index is 0.0472. The van der Waals surface area contributed by atoms with Gasteiger partial charge < -0.3 is 15.5 Å². The number of amides is 1. The van der Waals surface area contributed by atoms with Crippen molar-refractivity contribution in [1.82, 2.24) is 5.32 Å². The zero-order chi connectivity index (χ0) is 34.3. The van der Waals surface area contributed by atoms with Gasteiger partial charge in [0.2, 0.25) is 5.91 Å². The van der Waals surface area contributed by atoms with Crippen molar-refractivity contribution in [2.24, 2.45) is 0 Å². The minimum atomic E-state index is -0.658. The average Bonchev–Trinajstić information content (AvgIpc) is 3.08. The summed E-state index contributed by atoms with van der Waals surface area (Å²) in [5.74, 6) is -0.0472. The summed E-state index contributed by atoms with van der Waals surface area (Å²) < 4.78 is 0. The van der Waals surface area contributed by atoms with Crippen LogP contribution < -0.4 is 5.32 Å². The molecule has 270 valence electrons. The molecular weight excluding hydrogens is 578 g/mol. The van der Waals surface area contributed by atoms with Gasteiger partial charge in [-0.3, -0.25) is 4.79 Å². The van der Waals surface area contributed by atoms with Crippen molar-refractivity contribution < 1.29 is 15.0 Å². The molecule has 2 unspecified atom stereocenters. The smallest absolute Gasteiger partial charge is 0.220 e. The molecule has 4 nitrogen and oxygen atoms in total. The van der Waals surface area contributed by atoms with Gasteiger partial charge in [0.05, 0.1) is 18.8 Å². The molecular formula is C43H75NO3. The summed E-state index contributed by atoms with van der Waals surface area (Å²) >= 11 is 0. The van der Waals surface area contributed by atoms with Gasteiger partial charge in [-0.2, -0.15) is 0 Å². The third-order valence-corrected chi connectivity index (χ3v) is 8.48. The Hall–Kier alpha value is -2.17. The van der Waals surface area contributed by atoms with Gasteiger partial charge in [-0.15, -0.1) is 0 Å². The molecule has 0 aromatic rings. The largest absolute Gasteiger partial charge is 0.394 e. The second kappa shape index (κ2) is 38.3. The summed E-state index contributed by atoms with van der Waals surface area (Å²) in [4.78, 5) is 12.2. The molecule has 0 saturated heterocycles. The first-order valence-corrected chi connectivity index (χ1v) is 19.6. The standard InChI is InChI=1S/C43H75NO3/c1-3-5-7-9-10-11-12-13-14-15-16-17-18-19-20-21-22-23-24-25-26-27-28-29-30-31-32-33-34-35-37-39-43(47)44-41(40-45)42(46)38-36-8-6-4-2/h5,7,10-11,13-14,16-17,19-20,22-23,41-42,45-46H,3-4,6,8-9,12,15,18,21,24-40H2,1-2H3,(H,44,47)/b7-5-,11-10-,14-13-,17-16-,20-19-,23-22-. The van der Waals surface area contributed by atoms with Gasteiger partial charge >= 0.3 is 0 Å². The van der Waals surface area contributed by atoms with E-state index in [0.29, 0.717) is 12.8 Å². The van der Waals surface area contributed by atoms with Crippen LogP contribution in [0.1, 0.15) is 174 Å². The first-order chi connectivity index (χ1) is 23.2. The number of aliphatic hydroxyl groups is 2. The normalized spacial score (nSPS) is 13.9. The van der Waals surface area contributed by atoms with Crippen molar-refractivity contribution in [1.29, 1.82) is 0 Å². The lowest BCUT2D eigenvalue weighted by molar-refractivity contribution is -0.123. The summed E-state index contributed by atoms with van der Waals surface area (Å²) in [5, 5.41) is 22.6. The highest BCUT2D eigenvalue weighted by molar-refractivity contribution is 5.76. The molecule has 0 rings (SSSR count). The van der Waals surface area contributed by atoms with E-state index in [0.717, 1.165) is 77.0 Å². The van der Waals surface area contributed by atoms with Crippen LogP contribution in [0.5, 0.6) is 0 Å². The fourth-order valence-corrected chi connectivity index (χ4v) is 5.48. The number of aliphatic hydroxyl groups excluding tert-OH is 2. The lowest BCUT2D eigenvalue weighted by Gasteiger charge is -2.22. The predicted molar refractivity (Wildman–Crippen MR) is 207 cm³/mol. The zero-order valence-corrected chi connectivity index (χ0v) is 30.8. The van der Waals surface area contributed by atoms with Gasteiger partial charge in [0.25, 0.3) is 0 Å². The van der Waals surface area contributed by atoms with E-state index in [1.807, 2.05) is 0 Å². The Labute approximate surface area is 291 Å². The molecule has 0 aliphatic carbocycles. The number of rotatable bonds is 34. The zero-order valence-electron chi connectivity index (χ0n) is 30.8. The number of hydrogen-bond donors (Lipinski definition) is 3. The molecule has 0 bridgehead atoms. The molecule has 0 saturated carbocycles. The van der Waals surface area contributed by atoms with E-state index in [9.17, 15) is 15.0 Å². The van der Waals surface area contributed by atoms with Crippen LogP contribution in [0.4, 0.5) is 0 Å². The average molecular weight is 654 g/mol. The van der Waals surface area contributed by atoms with Crippen molar-refractivity contribution in [3.05, 3.63) is 72.9 Å². The Morgan fingerprint density at radius 3 is 1.38 bits per heavy atom. The summed E-state index contributed by atoms with van der Waals surface area (Å²) in [6.45, 7) is 4.12. The fraction of sp³-hybridized carbons (Fsp3) is 0.698. The third kappa shape index (κ3) is 35.0. The van der Waals surface area contributed by atoms with Gasteiger partial charge in [-0.25, -0.2) is 0 Å². The Bertz CT molecular complexity index is 838. The molecule has 3 N–H and O–H groups in total. The molecule has 47 heavy (non-hydrogen) atoms. The molecule has 4 heteroatoms. The van der Waals surface area contributed by atoms with Crippen molar-refractivity contribution in [3.63, 3.8) is 0 Å². The second-order valence-electron chi connectivity index (χ2n) is 13.0. The molecule has 1 amide bonds. The number of unbranched alkanes of at least 4 members (excludes halogenated alkanes) is 15. The van der Waals surface area contributed by atoms with Crippen LogP contribution in [0, 0.1) is 0 Å². The molecule has 0 radical (unpaired) electrons. The number of nitrogens with one attached hydrogen (secondary N) is 1. The molecule has 0 aromatic carbocycles. The summed E-state index contributed by atoms with van der Waals surface area (Å²) in [5.41, 5.74) is 0. The first kappa shape index (κ1) is 44.8. The molecule has 0 aliphatic rings. The van der Waals surface area contributed by atoms with E-state index in [2.05, 4.69) is 92.1 Å². The molecule has 0 fully saturated rings. The van der Waals surface area contributed by atoms with Gasteiger partial charge in [0.15, 0.2) is 0 Å². The van der Waals surface area contributed by atoms with Gasteiger partial charge in [-0.1, -0.05) is 177 Å². The summed E-state index contributed by atoms with van der Waals surface area (Å²) in [7, 11) is 0. The Kier molecular flexibility index (Phi) is 36.5. The number of hydrogen-bond acceptors (Lipinski definition) is 3. The highest BCUT2D eigenvalue weighted by atomic mass is 16.3. The van der Waals surface area contributed by atoms with Crippen LogP contribution in [0.2, 0.25) is 0 Å². The monoisotopic (exact) mass is 654 g/mol. The number of carbonyl (C=O) groups is 1. The van der Waals surface area contributed by atoms with Crippen LogP contribution in [0.15, 0.2) is 72.9 Å². The lowest BCUT2D eigenvalue weighted by Crippen LogP contribution is -2.45. The van der Waals surface area contributed by atoms with Crippen LogP contribution in [0.25, 0.3) is 0 Å². The number of allylic oxidation sites excluding steroid dienone is 12. The highest BCUT2D eigenvalue weighted by Gasteiger charge is 2.19. The molecule has 0 spiro atoms. The molecule has 0 heterocycles. The van der Waals surface area contributed by atoms with E-state index >= 15 is 0 Å². The van der Waals surface area contributed by atoms with E-state index < -0.39 is 12.1 Å². The Morgan fingerprint density at radius 1 is 0.532 bits per heavy atom. The maximum Gasteiger partial charge on any atom is 0.220 e. The van der Waals surface area contributed by atoms with E-state index in [4.69, 9.17) is 0 Å². The van der Waals surface area contributed by atoms with Crippen molar-refractivity contribution in [2.45, 2.75) is 187 Å². The third-order valence-electron chi connectivity index (χ3n) is 8.48. The van der Waals surface area contributed by atoms with Crippen LogP contribution in [-0.2, 0) is 4.79 Å². The van der Waals surface area contributed by atoms with Crippen molar-refractivity contribution in [2.75, 3.05) is 6.61 Å². The first-order valence-electron chi connectivity index (χ1n) is 19.6. The van der Waals surface area contributed by atoms with E-state index in [1.54, 1.807) is 0 Å². The highest BCUT2D eigenvalue weighted by Crippen LogP contribution is 2.14. The van der Waals surface area contributed by atoms with Gasteiger partial charge in [0.1, 0.15) is 0 Å². The molecule has 2 atom stereocenters. The van der Waals surface area contributed by atoms with Crippen LogP contribution in [0.3, 0.4) is 0 Å². The van der Waals surface area contributed by atoms with E-state index in [1.165, 1.54) is 70.6 Å². The predicted octanol–water partition coefficient (Wildman–Crippen LogP) is 12.0. The topological polar surface area (TPSA) is 69.6 Å². The maximum absolute atomic E-state index is 12.2. The van der Waals surface area contributed by atoms with Gasteiger partial charge in [-0.05, 0) is 64.2 Å². The maximum atomic E-state index is 12.2. The van der Waals surface area contributed by atoms with Crippen molar-refractivity contribution >= 4 is 5.91 Å². The van der Waals surface area contributed by atoms with Crippen LogP contribution >= 0.6 is 0 Å². The lowest BCUT2D eigenvalue weighted by atomic mass is 10.0. The van der Waals surface area contributed by atoms with Crippen LogP contribution in [-0.4, -0.2) is 34.9 Å². The molecule has 0 aliphatic heterocycles. The van der Waals surface area contributed by atoms with Gasteiger partial charge in [0, 0.05) is 6.42 Å². The molecule has 0 aromatic heterocycles. The minimum Gasteiger partial charge on any atom is -0.394 e. The quantitative estimate of drug-likeness (QED) is 0.0478.